The molecule has 0 N–H and O–H groups in total. The molecule has 2 aromatic heterocycles. The highest BCUT2D eigenvalue weighted by atomic mass is 32.2. The summed E-state index contributed by atoms with van der Waals surface area (Å²) < 4.78 is 36.5. The third-order valence-corrected chi connectivity index (χ3v) is 5.94. The summed E-state index contributed by atoms with van der Waals surface area (Å²) in [6, 6.07) is 6.43. The molecule has 8 nitrogen and oxygen atoms in total. The van der Waals surface area contributed by atoms with Gasteiger partial charge in [-0.25, -0.2) is 18.4 Å². The highest BCUT2D eigenvalue weighted by molar-refractivity contribution is 7.89. The number of sulfonamides is 1. The fourth-order valence-electron chi connectivity index (χ4n) is 2.54. The Kier molecular flexibility index (Phi) is 5.69. The lowest BCUT2D eigenvalue weighted by molar-refractivity contribution is 0.375. The average Bonchev–Trinajstić information content (AvgIpc) is 3.35. The Bertz CT molecular complexity index is 852. The lowest BCUT2D eigenvalue weighted by Gasteiger charge is -2.22. The predicted octanol–water partition coefficient (Wildman–Crippen LogP) is 1.48. The normalized spacial score (nSPS) is 11.8. The van der Waals surface area contributed by atoms with Gasteiger partial charge in [-0.2, -0.15) is 4.31 Å². The molecule has 2 heterocycles. The Balaban J connectivity index is 1.78. The van der Waals surface area contributed by atoms with Crippen molar-refractivity contribution in [3.05, 3.63) is 61.7 Å². The molecule has 3 aromatic rings. The minimum absolute atomic E-state index is 0.245. The van der Waals surface area contributed by atoms with Gasteiger partial charge >= 0.3 is 0 Å². The van der Waals surface area contributed by atoms with Crippen LogP contribution in [-0.2, 0) is 23.1 Å². The summed E-state index contributed by atoms with van der Waals surface area (Å²) >= 11 is 0. The molecular formula is C17H21N5O3S. The van der Waals surface area contributed by atoms with E-state index in [1.54, 1.807) is 56.4 Å². The van der Waals surface area contributed by atoms with Gasteiger partial charge in [0.15, 0.2) is 0 Å². The van der Waals surface area contributed by atoms with E-state index in [0.29, 0.717) is 31.9 Å². The molecular weight excluding hydrogens is 354 g/mol. The highest BCUT2D eigenvalue weighted by Crippen LogP contribution is 2.19. The second-order valence-corrected chi connectivity index (χ2v) is 7.62. The van der Waals surface area contributed by atoms with Crippen LogP contribution < -0.4 is 4.74 Å². The Morgan fingerprint density at radius 1 is 0.962 bits per heavy atom. The second-order valence-electron chi connectivity index (χ2n) is 5.68. The standard InChI is InChI=1S/C17H21N5O3S/c1-25-16-2-4-17(5-3-16)26(23,24)22(12-10-20-8-6-18-14-20)13-11-21-9-7-19-15-21/h2-9,14-15H,10-13H2,1H3. The third kappa shape index (κ3) is 4.30. The zero-order valence-corrected chi connectivity index (χ0v) is 15.3. The summed E-state index contributed by atoms with van der Waals surface area (Å²) in [5.74, 6) is 0.618. The van der Waals surface area contributed by atoms with Crippen LogP contribution in [0.5, 0.6) is 5.75 Å². The smallest absolute Gasteiger partial charge is 0.243 e. The Hall–Kier alpha value is -2.65. The van der Waals surface area contributed by atoms with Crippen LogP contribution >= 0.6 is 0 Å². The van der Waals surface area contributed by atoms with Crippen molar-refractivity contribution in [3.63, 3.8) is 0 Å². The number of imidazole rings is 2. The van der Waals surface area contributed by atoms with Gasteiger partial charge in [-0.15, -0.1) is 0 Å². The first kappa shape index (κ1) is 18.2. The molecule has 0 unspecified atom stereocenters. The van der Waals surface area contributed by atoms with Crippen molar-refractivity contribution in [1.29, 1.82) is 0 Å². The van der Waals surface area contributed by atoms with Crippen LogP contribution in [0.3, 0.4) is 0 Å². The maximum absolute atomic E-state index is 13.1. The van der Waals surface area contributed by atoms with Crippen LogP contribution in [0.1, 0.15) is 0 Å². The first-order chi connectivity index (χ1) is 12.6. The van der Waals surface area contributed by atoms with Crippen molar-refractivity contribution < 1.29 is 13.2 Å². The van der Waals surface area contributed by atoms with Crippen LogP contribution in [0.2, 0.25) is 0 Å². The molecule has 0 saturated carbocycles. The molecule has 0 radical (unpaired) electrons. The first-order valence-corrected chi connectivity index (χ1v) is 9.59. The van der Waals surface area contributed by atoms with Gasteiger partial charge < -0.3 is 13.9 Å². The molecule has 9 heteroatoms. The summed E-state index contributed by atoms with van der Waals surface area (Å²) in [4.78, 5) is 8.23. The van der Waals surface area contributed by atoms with E-state index in [9.17, 15) is 8.42 Å². The van der Waals surface area contributed by atoms with Crippen molar-refractivity contribution in [1.82, 2.24) is 23.4 Å². The van der Waals surface area contributed by atoms with Gasteiger partial charge in [-0.3, -0.25) is 0 Å². The van der Waals surface area contributed by atoms with E-state index in [-0.39, 0.29) is 4.90 Å². The third-order valence-electron chi connectivity index (χ3n) is 4.03. The number of hydrogen-bond acceptors (Lipinski definition) is 5. The number of methoxy groups -OCH3 is 1. The Morgan fingerprint density at radius 3 is 1.92 bits per heavy atom. The molecule has 26 heavy (non-hydrogen) atoms. The number of rotatable bonds is 9. The van der Waals surface area contributed by atoms with Crippen LogP contribution in [0.15, 0.2) is 66.6 Å². The minimum Gasteiger partial charge on any atom is -0.497 e. The maximum atomic E-state index is 13.1. The van der Waals surface area contributed by atoms with Crippen molar-refractivity contribution >= 4 is 10.0 Å². The topological polar surface area (TPSA) is 82.3 Å². The van der Waals surface area contributed by atoms with Crippen molar-refractivity contribution in [3.8, 4) is 5.75 Å². The molecule has 1 aromatic carbocycles. The van der Waals surface area contributed by atoms with Gasteiger partial charge in [0, 0.05) is 51.0 Å². The van der Waals surface area contributed by atoms with E-state index >= 15 is 0 Å². The molecule has 0 atom stereocenters. The quantitative estimate of drug-likeness (QED) is 0.566. The summed E-state index contributed by atoms with van der Waals surface area (Å²) in [5.41, 5.74) is 0. The molecule has 0 spiro atoms. The number of benzene rings is 1. The molecule has 0 aliphatic heterocycles. The average molecular weight is 375 g/mol. The van der Waals surface area contributed by atoms with Gasteiger partial charge in [-0.05, 0) is 24.3 Å². The summed E-state index contributed by atoms with van der Waals surface area (Å²) in [6.45, 7) is 1.75. The summed E-state index contributed by atoms with van der Waals surface area (Å²) in [5, 5.41) is 0. The van der Waals surface area contributed by atoms with E-state index in [4.69, 9.17) is 4.74 Å². The summed E-state index contributed by atoms with van der Waals surface area (Å²) in [7, 11) is -2.07. The van der Waals surface area contributed by atoms with Gasteiger partial charge in [-0.1, -0.05) is 0 Å². The molecule has 0 amide bonds. The van der Waals surface area contributed by atoms with Crippen LogP contribution in [0.4, 0.5) is 0 Å². The van der Waals surface area contributed by atoms with Crippen LogP contribution in [0.25, 0.3) is 0 Å². The van der Waals surface area contributed by atoms with Crippen molar-refractivity contribution in [2.24, 2.45) is 0 Å². The monoisotopic (exact) mass is 375 g/mol. The Labute approximate surface area is 152 Å². The molecule has 0 aliphatic rings. The lowest BCUT2D eigenvalue weighted by Crippen LogP contribution is -2.36. The second kappa shape index (κ2) is 8.15. The fraction of sp³-hybridized carbons (Fsp3) is 0.294. The zero-order chi connectivity index (χ0) is 18.4. The molecule has 0 aliphatic carbocycles. The molecule has 0 fully saturated rings. The molecule has 0 saturated heterocycles. The van der Waals surface area contributed by atoms with E-state index in [1.165, 1.54) is 4.31 Å². The largest absolute Gasteiger partial charge is 0.497 e. The summed E-state index contributed by atoms with van der Waals surface area (Å²) in [6.07, 6.45) is 10.3. The highest BCUT2D eigenvalue weighted by Gasteiger charge is 2.24. The van der Waals surface area contributed by atoms with Crippen molar-refractivity contribution in [2.45, 2.75) is 18.0 Å². The minimum atomic E-state index is -3.62. The number of hydrogen-bond donors (Lipinski definition) is 0. The van der Waals surface area contributed by atoms with Crippen LogP contribution in [0, 0.1) is 0 Å². The number of ether oxygens (including phenoxy) is 1. The predicted molar refractivity (Wildman–Crippen MR) is 96.2 cm³/mol. The van der Waals surface area contributed by atoms with Gasteiger partial charge in [0.05, 0.1) is 24.7 Å². The zero-order valence-electron chi connectivity index (χ0n) is 14.5. The fourth-order valence-corrected chi connectivity index (χ4v) is 3.96. The number of aromatic nitrogens is 4. The Morgan fingerprint density at radius 2 is 1.50 bits per heavy atom. The van der Waals surface area contributed by atoms with E-state index in [0.717, 1.165) is 0 Å². The van der Waals surface area contributed by atoms with E-state index in [2.05, 4.69) is 9.97 Å². The van der Waals surface area contributed by atoms with Gasteiger partial charge in [0.2, 0.25) is 10.0 Å². The van der Waals surface area contributed by atoms with E-state index < -0.39 is 10.0 Å². The SMILES string of the molecule is COc1ccc(S(=O)(=O)N(CCn2ccnc2)CCn2ccnc2)cc1. The van der Waals surface area contributed by atoms with Gasteiger partial charge in [0.25, 0.3) is 0 Å². The lowest BCUT2D eigenvalue weighted by atomic mass is 10.3. The molecule has 0 bridgehead atoms. The molecule has 138 valence electrons. The first-order valence-electron chi connectivity index (χ1n) is 8.15. The van der Waals surface area contributed by atoms with Crippen LogP contribution in [-0.4, -0.2) is 52.0 Å². The maximum Gasteiger partial charge on any atom is 0.243 e. The van der Waals surface area contributed by atoms with Crippen molar-refractivity contribution in [2.75, 3.05) is 20.2 Å². The number of nitrogens with zero attached hydrogens (tertiary/aromatic N) is 5. The van der Waals surface area contributed by atoms with E-state index in [1.807, 2.05) is 21.5 Å². The van der Waals surface area contributed by atoms with Gasteiger partial charge in [0.1, 0.15) is 5.75 Å². The molecule has 3 rings (SSSR count).